The van der Waals surface area contributed by atoms with E-state index in [1.54, 1.807) is 24.3 Å². The highest BCUT2D eigenvalue weighted by Gasteiger charge is 2.24. The van der Waals surface area contributed by atoms with Crippen LogP contribution < -0.4 is 4.90 Å². The number of aromatic amines is 1. The molecular formula is C26H19FN4O2. The monoisotopic (exact) mass is 438 g/mol. The Balaban J connectivity index is 1.61. The third-order valence-corrected chi connectivity index (χ3v) is 6.14. The van der Waals surface area contributed by atoms with Gasteiger partial charge in [0.05, 0.1) is 16.6 Å². The van der Waals surface area contributed by atoms with E-state index in [9.17, 15) is 14.3 Å². The number of rotatable bonds is 3. The first-order valence-corrected chi connectivity index (χ1v) is 10.8. The minimum Gasteiger partial charge on any atom is -0.478 e. The van der Waals surface area contributed by atoms with Crippen LogP contribution in [0.15, 0.2) is 66.9 Å². The molecule has 0 saturated heterocycles. The maximum atomic E-state index is 13.9. The number of nitrogens with one attached hydrogen (secondary N) is 1. The fourth-order valence-electron chi connectivity index (χ4n) is 4.55. The second kappa shape index (κ2) is 7.41. The minimum absolute atomic E-state index is 0.158. The number of carbonyl (C=O) groups is 1. The average Bonchev–Trinajstić information content (AvgIpc) is 3.30. The molecule has 0 amide bonds. The molecule has 6 nitrogen and oxygen atoms in total. The zero-order valence-electron chi connectivity index (χ0n) is 17.5. The highest BCUT2D eigenvalue weighted by atomic mass is 19.1. The zero-order chi connectivity index (χ0) is 22.5. The maximum absolute atomic E-state index is 13.9. The standard InChI is InChI=1S/C26H19FN4O2/c27-19-5-8-23-16(13-19)2-1-11-31(23)25-24(17-3-6-20-15(12-17)9-10-28-20)29-21-7-4-18(26(32)33)14-22(21)30-25/h3-10,12-14,28H,1-2,11H2,(H,32,33). The summed E-state index contributed by atoms with van der Waals surface area (Å²) in [5, 5.41) is 10.5. The van der Waals surface area contributed by atoms with E-state index in [0.717, 1.165) is 40.6 Å². The van der Waals surface area contributed by atoms with Gasteiger partial charge in [0.1, 0.15) is 11.5 Å². The van der Waals surface area contributed by atoms with Crippen molar-refractivity contribution in [3.63, 3.8) is 0 Å². The summed E-state index contributed by atoms with van der Waals surface area (Å²) in [4.78, 5) is 26.6. The van der Waals surface area contributed by atoms with Gasteiger partial charge in [0.2, 0.25) is 0 Å². The summed E-state index contributed by atoms with van der Waals surface area (Å²) >= 11 is 0. The van der Waals surface area contributed by atoms with E-state index in [4.69, 9.17) is 9.97 Å². The van der Waals surface area contributed by atoms with Crippen LogP contribution in [0.2, 0.25) is 0 Å². The first-order chi connectivity index (χ1) is 16.1. The Morgan fingerprint density at radius 1 is 1.00 bits per heavy atom. The third kappa shape index (κ3) is 3.29. The Labute approximate surface area is 188 Å². The fraction of sp³-hybridized carbons (Fsp3) is 0.115. The highest BCUT2D eigenvalue weighted by Crippen LogP contribution is 2.39. The maximum Gasteiger partial charge on any atom is 0.335 e. The van der Waals surface area contributed by atoms with E-state index in [1.165, 1.54) is 12.1 Å². The minimum atomic E-state index is -1.01. The second-order valence-electron chi connectivity index (χ2n) is 8.21. The molecule has 3 heterocycles. The summed E-state index contributed by atoms with van der Waals surface area (Å²) in [7, 11) is 0. The normalized spacial score (nSPS) is 13.4. The molecule has 7 heteroatoms. The van der Waals surface area contributed by atoms with Gasteiger partial charge in [0.25, 0.3) is 0 Å². The number of fused-ring (bicyclic) bond motifs is 3. The van der Waals surface area contributed by atoms with Crippen molar-refractivity contribution in [2.45, 2.75) is 12.8 Å². The van der Waals surface area contributed by atoms with Gasteiger partial charge in [0, 0.05) is 34.9 Å². The Kier molecular flexibility index (Phi) is 4.36. The number of nitrogens with zero attached hydrogens (tertiary/aromatic N) is 3. The molecule has 33 heavy (non-hydrogen) atoms. The lowest BCUT2D eigenvalue weighted by molar-refractivity contribution is 0.0697. The molecule has 0 aliphatic carbocycles. The van der Waals surface area contributed by atoms with Crippen LogP contribution in [0, 0.1) is 5.82 Å². The molecule has 2 N–H and O–H groups in total. The van der Waals surface area contributed by atoms with Crippen molar-refractivity contribution in [3.8, 4) is 11.3 Å². The number of halogens is 1. The lowest BCUT2D eigenvalue weighted by atomic mass is 10.0. The largest absolute Gasteiger partial charge is 0.478 e. The van der Waals surface area contributed by atoms with E-state index < -0.39 is 5.97 Å². The molecule has 1 aliphatic rings. The summed E-state index contributed by atoms with van der Waals surface area (Å²) in [6.07, 6.45) is 3.53. The summed E-state index contributed by atoms with van der Waals surface area (Å²) in [6, 6.07) is 17.7. The van der Waals surface area contributed by atoms with Crippen molar-refractivity contribution in [2.75, 3.05) is 11.4 Å². The van der Waals surface area contributed by atoms with Gasteiger partial charge in [-0.3, -0.25) is 0 Å². The quantitative estimate of drug-likeness (QED) is 0.378. The van der Waals surface area contributed by atoms with Gasteiger partial charge >= 0.3 is 5.97 Å². The van der Waals surface area contributed by atoms with Gasteiger partial charge in [-0.1, -0.05) is 6.07 Å². The Bertz CT molecular complexity index is 1560. The number of aromatic nitrogens is 3. The molecule has 162 valence electrons. The predicted molar refractivity (Wildman–Crippen MR) is 126 cm³/mol. The topological polar surface area (TPSA) is 82.1 Å². The zero-order valence-corrected chi connectivity index (χ0v) is 17.5. The molecule has 5 aromatic rings. The van der Waals surface area contributed by atoms with Gasteiger partial charge in [-0.2, -0.15) is 0 Å². The number of anilines is 2. The third-order valence-electron chi connectivity index (χ3n) is 6.14. The molecule has 0 unspecified atom stereocenters. The Hall–Kier alpha value is -4.26. The van der Waals surface area contributed by atoms with Gasteiger partial charge in [0.15, 0.2) is 5.82 Å². The molecule has 1 aliphatic heterocycles. The van der Waals surface area contributed by atoms with Crippen LogP contribution in [-0.4, -0.2) is 32.6 Å². The average molecular weight is 438 g/mol. The molecule has 0 radical (unpaired) electrons. The van der Waals surface area contributed by atoms with Crippen LogP contribution in [0.25, 0.3) is 33.2 Å². The van der Waals surface area contributed by atoms with E-state index in [2.05, 4.69) is 16.0 Å². The van der Waals surface area contributed by atoms with Crippen LogP contribution >= 0.6 is 0 Å². The van der Waals surface area contributed by atoms with Crippen molar-refractivity contribution in [2.24, 2.45) is 0 Å². The molecule has 0 spiro atoms. The van der Waals surface area contributed by atoms with Crippen molar-refractivity contribution in [1.29, 1.82) is 0 Å². The van der Waals surface area contributed by atoms with Crippen LogP contribution in [0.5, 0.6) is 0 Å². The first kappa shape index (κ1) is 19.4. The van der Waals surface area contributed by atoms with E-state index in [-0.39, 0.29) is 11.4 Å². The molecule has 0 bridgehead atoms. The van der Waals surface area contributed by atoms with Crippen LogP contribution in [0.3, 0.4) is 0 Å². The van der Waals surface area contributed by atoms with Crippen molar-refractivity contribution in [1.82, 2.24) is 15.0 Å². The van der Waals surface area contributed by atoms with Crippen LogP contribution in [0.4, 0.5) is 15.9 Å². The Morgan fingerprint density at radius 3 is 2.79 bits per heavy atom. The van der Waals surface area contributed by atoms with Gasteiger partial charge in [-0.15, -0.1) is 0 Å². The van der Waals surface area contributed by atoms with Crippen LogP contribution in [-0.2, 0) is 6.42 Å². The molecule has 2 aromatic heterocycles. The van der Waals surface area contributed by atoms with E-state index in [0.29, 0.717) is 29.1 Å². The number of benzene rings is 3. The fourth-order valence-corrected chi connectivity index (χ4v) is 4.55. The molecule has 0 fully saturated rings. The van der Waals surface area contributed by atoms with Crippen molar-refractivity contribution >= 4 is 39.4 Å². The van der Waals surface area contributed by atoms with E-state index >= 15 is 0 Å². The number of H-pyrrole nitrogens is 1. The van der Waals surface area contributed by atoms with Gasteiger partial charge < -0.3 is 15.0 Å². The molecular weight excluding hydrogens is 419 g/mol. The summed E-state index contributed by atoms with van der Waals surface area (Å²) in [5.74, 6) is -0.641. The van der Waals surface area contributed by atoms with E-state index in [1.807, 2.05) is 24.4 Å². The van der Waals surface area contributed by atoms with Gasteiger partial charge in [-0.05, 0) is 73.0 Å². The number of carboxylic acid groups (broad SMARTS) is 1. The van der Waals surface area contributed by atoms with Crippen molar-refractivity contribution < 1.29 is 14.3 Å². The summed E-state index contributed by atoms with van der Waals surface area (Å²) in [5.41, 5.74) is 5.73. The number of carboxylic acids is 1. The number of hydrogen-bond donors (Lipinski definition) is 2. The van der Waals surface area contributed by atoms with Crippen molar-refractivity contribution in [3.05, 3.63) is 83.8 Å². The predicted octanol–water partition coefficient (Wildman–Crippen LogP) is 5.70. The van der Waals surface area contributed by atoms with Crippen LogP contribution in [0.1, 0.15) is 22.3 Å². The highest BCUT2D eigenvalue weighted by molar-refractivity contribution is 5.95. The molecule has 0 atom stereocenters. The number of aromatic carboxylic acids is 1. The second-order valence-corrected chi connectivity index (χ2v) is 8.21. The SMILES string of the molecule is O=C(O)c1ccc2nc(-c3ccc4[nH]ccc4c3)c(N3CCCc4cc(F)ccc43)nc2c1. The first-order valence-electron chi connectivity index (χ1n) is 10.8. The molecule has 6 rings (SSSR count). The lowest BCUT2D eigenvalue weighted by Gasteiger charge is -2.31. The Morgan fingerprint density at radius 2 is 1.91 bits per heavy atom. The lowest BCUT2D eigenvalue weighted by Crippen LogP contribution is -2.26. The molecule has 0 saturated carbocycles. The summed E-state index contributed by atoms with van der Waals surface area (Å²) in [6.45, 7) is 0.705. The summed E-state index contributed by atoms with van der Waals surface area (Å²) < 4.78 is 13.9. The van der Waals surface area contributed by atoms with Gasteiger partial charge in [-0.25, -0.2) is 19.2 Å². The number of hydrogen-bond acceptors (Lipinski definition) is 4. The molecule has 3 aromatic carbocycles. The smallest absolute Gasteiger partial charge is 0.335 e. The number of aryl methyl sites for hydroxylation is 1.